The van der Waals surface area contributed by atoms with Crippen LogP contribution in [0.1, 0.15) is 0 Å². The predicted octanol–water partition coefficient (Wildman–Crippen LogP) is -0.260. The molecule has 0 atom stereocenters. The smallest absolute Gasteiger partial charge is 0.452 e. The molecule has 0 aromatic rings. The van der Waals surface area contributed by atoms with Gasteiger partial charge in [-0.1, -0.05) is 0 Å². The Morgan fingerprint density at radius 3 is 2.30 bits per heavy atom. The number of carbonyl (C=O) groups is 2. The molecule has 2 amide bonds. The van der Waals surface area contributed by atoms with Crippen LogP contribution in [0.5, 0.6) is 0 Å². The number of ether oxygens (including phenoxy) is 1. The van der Waals surface area contributed by atoms with Crippen LogP contribution in [0.3, 0.4) is 0 Å². The van der Waals surface area contributed by atoms with Crippen LogP contribution in [0.2, 0.25) is 0 Å². The van der Waals surface area contributed by atoms with Crippen molar-refractivity contribution in [3.8, 4) is 0 Å². The van der Waals surface area contributed by atoms with Crippen LogP contribution in [0.25, 0.3) is 0 Å². The van der Waals surface area contributed by atoms with E-state index in [1.807, 2.05) is 5.43 Å². The van der Waals surface area contributed by atoms with Crippen molar-refractivity contribution in [1.82, 2.24) is 10.4 Å². The fourth-order valence-electron chi connectivity index (χ4n) is 0.228. The van der Waals surface area contributed by atoms with Gasteiger partial charge in [-0.15, -0.1) is 0 Å². The lowest BCUT2D eigenvalue weighted by Gasteiger charge is -2.10. The molecule has 1 N–H and O–H groups in total. The maximum absolute atomic E-state index is 10.3. The molecule has 0 rings (SSSR count). The molecule has 6 nitrogen and oxygen atoms in total. The molecule has 0 saturated heterocycles. The molecule has 57 valence electrons. The fraction of sp³-hybridized carbons (Fsp3) is 0.500. The van der Waals surface area contributed by atoms with Crippen molar-refractivity contribution in [1.29, 1.82) is 0 Å². The molecule has 0 aliphatic rings. The number of nitrogens with zero attached hydrogens (tertiary/aromatic N) is 1. The number of hydrazine groups is 1. The van der Waals surface area contributed by atoms with Gasteiger partial charge >= 0.3 is 12.2 Å². The summed E-state index contributed by atoms with van der Waals surface area (Å²) in [6.07, 6.45) is -2.36. The SMILES string of the molecule is COC(=O)NN(C)C([O])=O. The van der Waals surface area contributed by atoms with Gasteiger partial charge in [-0.25, -0.2) is 25.1 Å². The van der Waals surface area contributed by atoms with E-state index in [0.29, 0.717) is 5.01 Å². The van der Waals surface area contributed by atoms with Gasteiger partial charge in [-0.3, -0.25) is 0 Å². The Morgan fingerprint density at radius 1 is 1.50 bits per heavy atom. The molecule has 1 radical (unpaired) electrons. The average Bonchev–Trinajstić information content (AvgIpc) is 1.87. The number of nitrogens with one attached hydrogen (secondary N) is 1. The Labute approximate surface area is 57.3 Å². The van der Waals surface area contributed by atoms with E-state index in [2.05, 4.69) is 4.74 Å². The topological polar surface area (TPSA) is 78.5 Å². The van der Waals surface area contributed by atoms with Crippen molar-refractivity contribution >= 4 is 12.2 Å². The number of methoxy groups -OCH3 is 1. The highest BCUT2D eigenvalue weighted by atomic mass is 16.5. The molecule has 6 heteroatoms. The zero-order chi connectivity index (χ0) is 8.15. The molecule has 0 aromatic heterocycles. The lowest BCUT2D eigenvalue weighted by molar-refractivity contribution is 0.0977. The predicted molar refractivity (Wildman–Crippen MR) is 29.4 cm³/mol. The van der Waals surface area contributed by atoms with E-state index in [-0.39, 0.29) is 0 Å². The molecule has 0 aromatic carbocycles. The number of hydrogen-bond donors (Lipinski definition) is 1. The third kappa shape index (κ3) is 2.75. The van der Waals surface area contributed by atoms with Crippen molar-refractivity contribution in [3.63, 3.8) is 0 Å². The molecule has 0 aliphatic carbocycles. The molecule has 0 fully saturated rings. The summed E-state index contributed by atoms with van der Waals surface area (Å²) >= 11 is 0. The highest BCUT2D eigenvalue weighted by Crippen LogP contribution is 1.78. The Morgan fingerprint density at radius 2 is 2.00 bits per heavy atom. The molecule has 0 unspecified atom stereocenters. The highest BCUT2D eigenvalue weighted by Gasteiger charge is 2.09. The first-order chi connectivity index (χ1) is 4.57. The Kier molecular flexibility index (Phi) is 3.03. The van der Waals surface area contributed by atoms with E-state index in [4.69, 9.17) is 0 Å². The van der Waals surface area contributed by atoms with Crippen molar-refractivity contribution in [2.24, 2.45) is 0 Å². The van der Waals surface area contributed by atoms with Crippen LogP contribution in [-0.4, -0.2) is 31.4 Å². The molecule has 0 spiro atoms. The minimum absolute atomic E-state index is 0.478. The summed E-state index contributed by atoms with van der Waals surface area (Å²) in [6, 6.07) is 0. The minimum atomic E-state index is -1.51. The Balaban J connectivity index is 3.68. The van der Waals surface area contributed by atoms with Crippen LogP contribution in [0, 0.1) is 0 Å². The number of hydrogen-bond acceptors (Lipinski definition) is 3. The summed E-state index contributed by atoms with van der Waals surface area (Å²) in [4.78, 5) is 20.2. The molecule has 0 aliphatic heterocycles. The zero-order valence-corrected chi connectivity index (χ0v) is 5.58. The first kappa shape index (κ1) is 8.54. The van der Waals surface area contributed by atoms with Crippen LogP contribution in [-0.2, 0) is 9.84 Å². The maximum atomic E-state index is 10.3. The maximum Gasteiger partial charge on any atom is 0.471 e. The molecule has 0 saturated carbocycles. The summed E-state index contributed by atoms with van der Waals surface area (Å²) in [5, 5.41) is 10.4. The van der Waals surface area contributed by atoms with Gasteiger partial charge in [-0.2, -0.15) is 0 Å². The van der Waals surface area contributed by atoms with Gasteiger partial charge in [0.05, 0.1) is 7.11 Å². The summed E-state index contributed by atoms with van der Waals surface area (Å²) in [6.45, 7) is 0. The van der Waals surface area contributed by atoms with Gasteiger partial charge in [-0.05, 0) is 0 Å². The summed E-state index contributed by atoms with van der Waals surface area (Å²) in [5.41, 5.74) is 1.84. The van der Waals surface area contributed by atoms with Crippen molar-refractivity contribution in [2.75, 3.05) is 14.2 Å². The van der Waals surface area contributed by atoms with Gasteiger partial charge in [0, 0.05) is 7.05 Å². The Bertz CT molecular complexity index is 146. The first-order valence-electron chi connectivity index (χ1n) is 2.37. The van der Waals surface area contributed by atoms with Gasteiger partial charge < -0.3 is 4.74 Å². The largest absolute Gasteiger partial charge is 0.471 e. The molecular formula is C4H7N2O4. The summed E-state index contributed by atoms with van der Waals surface area (Å²) < 4.78 is 4.09. The molecule has 0 heterocycles. The normalized spacial score (nSPS) is 8.20. The fourth-order valence-corrected chi connectivity index (χ4v) is 0.228. The second-order valence-corrected chi connectivity index (χ2v) is 1.43. The van der Waals surface area contributed by atoms with Gasteiger partial charge in [0.15, 0.2) is 0 Å². The van der Waals surface area contributed by atoms with Gasteiger partial charge in [0.25, 0.3) is 0 Å². The van der Waals surface area contributed by atoms with Crippen LogP contribution in [0.4, 0.5) is 9.59 Å². The van der Waals surface area contributed by atoms with E-state index in [1.54, 1.807) is 0 Å². The number of amides is 2. The second kappa shape index (κ2) is 3.54. The second-order valence-electron chi connectivity index (χ2n) is 1.43. The van der Waals surface area contributed by atoms with Crippen LogP contribution >= 0.6 is 0 Å². The van der Waals surface area contributed by atoms with E-state index >= 15 is 0 Å². The van der Waals surface area contributed by atoms with E-state index in [0.717, 1.165) is 14.2 Å². The zero-order valence-electron chi connectivity index (χ0n) is 5.58. The molecule has 10 heavy (non-hydrogen) atoms. The van der Waals surface area contributed by atoms with E-state index in [1.165, 1.54) is 0 Å². The first-order valence-corrected chi connectivity index (χ1v) is 2.37. The number of rotatable bonds is 0. The summed E-state index contributed by atoms with van der Waals surface area (Å²) in [7, 11) is 2.24. The van der Waals surface area contributed by atoms with Crippen molar-refractivity contribution < 1.29 is 19.4 Å². The average molecular weight is 147 g/mol. The summed E-state index contributed by atoms with van der Waals surface area (Å²) in [5.74, 6) is 0. The third-order valence-electron chi connectivity index (χ3n) is 0.718. The van der Waals surface area contributed by atoms with E-state index in [9.17, 15) is 14.7 Å². The lowest BCUT2D eigenvalue weighted by Crippen LogP contribution is -2.41. The molecule has 0 bridgehead atoms. The Hall–Kier alpha value is -1.46. The standard InChI is InChI=1S/C4H7N2O4/c1-6(4(8)9)5-3(7)10-2/h1-2H3,(H,5,7). The number of carbonyl (C=O) groups excluding carboxylic acids is 2. The van der Waals surface area contributed by atoms with Crippen LogP contribution in [0.15, 0.2) is 0 Å². The highest BCUT2D eigenvalue weighted by molar-refractivity contribution is 5.72. The lowest BCUT2D eigenvalue weighted by atomic mass is 11.0. The quantitative estimate of drug-likeness (QED) is 0.479. The monoisotopic (exact) mass is 147 g/mol. The van der Waals surface area contributed by atoms with Crippen LogP contribution < -0.4 is 5.43 Å². The van der Waals surface area contributed by atoms with Gasteiger partial charge in [0.1, 0.15) is 0 Å². The van der Waals surface area contributed by atoms with Crippen molar-refractivity contribution in [3.05, 3.63) is 0 Å². The molecular weight excluding hydrogens is 140 g/mol. The van der Waals surface area contributed by atoms with Crippen molar-refractivity contribution in [2.45, 2.75) is 0 Å². The van der Waals surface area contributed by atoms with E-state index < -0.39 is 12.2 Å². The van der Waals surface area contributed by atoms with Gasteiger partial charge in [0.2, 0.25) is 0 Å². The minimum Gasteiger partial charge on any atom is -0.452 e. The third-order valence-corrected chi connectivity index (χ3v) is 0.718.